The summed E-state index contributed by atoms with van der Waals surface area (Å²) in [6.45, 7) is 6.82. The molecule has 1 fully saturated rings. The van der Waals surface area contributed by atoms with E-state index in [9.17, 15) is 4.39 Å². The molecule has 0 bridgehead atoms. The molecule has 1 heterocycles. The zero-order valence-electron chi connectivity index (χ0n) is 11.4. The molecule has 0 spiro atoms. The molecule has 1 aliphatic heterocycles. The van der Waals surface area contributed by atoms with Crippen LogP contribution in [0.1, 0.15) is 38.7 Å². The second kappa shape index (κ2) is 5.27. The van der Waals surface area contributed by atoms with Crippen molar-refractivity contribution in [2.75, 3.05) is 18.0 Å². The van der Waals surface area contributed by atoms with Crippen molar-refractivity contribution in [2.45, 2.75) is 39.7 Å². The van der Waals surface area contributed by atoms with Gasteiger partial charge in [0, 0.05) is 19.6 Å². The normalized spacial score (nSPS) is 19.0. The Kier molecular flexibility index (Phi) is 3.91. The van der Waals surface area contributed by atoms with E-state index in [1.54, 1.807) is 6.07 Å². The highest BCUT2D eigenvalue weighted by Gasteiger charge is 2.29. The minimum absolute atomic E-state index is 0.141. The minimum atomic E-state index is -0.141. The van der Waals surface area contributed by atoms with Crippen molar-refractivity contribution in [3.05, 3.63) is 29.6 Å². The van der Waals surface area contributed by atoms with Crippen molar-refractivity contribution in [1.29, 1.82) is 0 Å². The van der Waals surface area contributed by atoms with Gasteiger partial charge in [-0.15, -0.1) is 0 Å². The fourth-order valence-electron chi connectivity index (χ4n) is 2.70. The van der Waals surface area contributed by atoms with Crippen LogP contribution in [0, 0.1) is 11.2 Å². The first-order valence-corrected chi connectivity index (χ1v) is 6.82. The molecule has 1 aliphatic rings. The molecule has 0 atom stereocenters. The third-order valence-corrected chi connectivity index (χ3v) is 4.43. The predicted molar refractivity (Wildman–Crippen MR) is 74.1 cm³/mol. The maximum Gasteiger partial charge on any atom is 0.146 e. The van der Waals surface area contributed by atoms with Gasteiger partial charge >= 0.3 is 0 Å². The quantitative estimate of drug-likeness (QED) is 0.892. The molecule has 1 aromatic carbocycles. The van der Waals surface area contributed by atoms with Crippen molar-refractivity contribution in [3.63, 3.8) is 0 Å². The van der Waals surface area contributed by atoms with E-state index in [0.717, 1.165) is 37.2 Å². The van der Waals surface area contributed by atoms with E-state index in [1.807, 2.05) is 6.07 Å². The van der Waals surface area contributed by atoms with E-state index in [4.69, 9.17) is 5.73 Å². The Bertz CT molecular complexity index is 409. The van der Waals surface area contributed by atoms with Gasteiger partial charge in [-0.05, 0) is 29.9 Å². The molecular weight excluding hydrogens is 227 g/mol. The number of anilines is 1. The molecule has 0 radical (unpaired) electrons. The van der Waals surface area contributed by atoms with E-state index < -0.39 is 0 Å². The molecule has 0 unspecified atom stereocenters. The van der Waals surface area contributed by atoms with Gasteiger partial charge in [0.15, 0.2) is 0 Å². The number of nitrogens with two attached hydrogens (primary N) is 1. The molecule has 2 rings (SSSR count). The van der Waals surface area contributed by atoms with Crippen LogP contribution in [0.4, 0.5) is 10.1 Å². The molecule has 1 saturated heterocycles. The van der Waals surface area contributed by atoms with Crippen LogP contribution in [0.2, 0.25) is 0 Å². The lowest BCUT2D eigenvalue weighted by Gasteiger charge is -2.40. The highest BCUT2D eigenvalue weighted by atomic mass is 19.1. The van der Waals surface area contributed by atoms with Gasteiger partial charge in [0.25, 0.3) is 0 Å². The van der Waals surface area contributed by atoms with E-state index >= 15 is 0 Å². The van der Waals surface area contributed by atoms with Crippen molar-refractivity contribution in [2.24, 2.45) is 11.1 Å². The summed E-state index contributed by atoms with van der Waals surface area (Å²) in [7, 11) is 0. The van der Waals surface area contributed by atoms with Crippen LogP contribution in [0.3, 0.4) is 0 Å². The van der Waals surface area contributed by atoms with E-state index in [-0.39, 0.29) is 5.82 Å². The summed E-state index contributed by atoms with van der Waals surface area (Å²) in [4.78, 5) is 2.16. The smallest absolute Gasteiger partial charge is 0.146 e. The summed E-state index contributed by atoms with van der Waals surface area (Å²) < 4.78 is 14.0. The monoisotopic (exact) mass is 250 g/mol. The lowest BCUT2D eigenvalue weighted by Crippen LogP contribution is -2.39. The van der Waals surface area contributed by atoms with Gasteiger partial charge in [-0.25, -0.2) is 4.39 Å². The third kappa shape index (κ3) is 2.51. The highest BCUT2D eigenvalue weighted by Crippen LogP contribution is 2.37. The zero-order valence-corrected chi connectivity index (χ0v) is 11.4. The Balaban J connectivity index is 2.19. The van der Waals surface area contributed by atoms with E-state index in [1.165, 1.54) is 12.5 Å². The number of piperidine rings is 1. The molecule has 2 nitrogen and oxygen atoms in total. The van der Waals surface area contributed by atoms with Crippen molar-refractivity contribution in [1.82, 2.24) is 0 Å². The number of benzene rings is 1. The summed E-state index contributed by atoms with van der Waals surface area (Å²) in [5.41, 5.74) is 7.77. The number of hydrogen-bond donors (Lipinski definition) is 1. The minimum Gasteiger partial charge on any atom is -0.369 e. The lowest BCUT2D eigenvalue weighted by molar-refractivity contribution is 0.237. The summed E-state index contributed by atoms with van der Waals surface area (Å²) in [5.74, 6) is -0.141. The topological polar surface area (TPSA) is 29.3 Å². The molecular formula is C15H23FN2. The third-order valence-electron chi connectivity index (χ3n) is 4.43. The molecule has 0 saturated carbocycles. The van der Waals surface area contributed by atoms with Crippen LogP contribution in [0.15, 0.2) is 18.2 Å². The Labute approximate surface area is 109 Å². The Morgan fingerprint density at radius 2 is 2.00 bits per heavy atom. The molecule has 18 heavy (non-hydrogen) atoms. The van der Waals surface area contributed by atoms with Crippen LogP contribution in [0.25, 0.3) is 0 Å². The van der Waals surface area contributed by atoms with Gasteiger partial charge in [-0.1, -0.05) is 32.4 Å². The second-order valence-electron chi connectivity index (χ2n) is 5.60. The average molecular weight is 250 g/mol. The summed E-state index contributed by atoms with van der Waals surface area (Å²) in [6, 6.07) is 5.19. The van der Waals surface area contributed by atoms with Gasteiger partial charge in [-0.3, -0.25) is 0 Å². The number of para-hydroxylation sites is 1. The largest absolute Gasteiger partial charge is 0.369 e. The zero-order chi connectivity index (χ0) is 13.2. The molecule has 0 amide bonds. The fourth-order valence-corrected chi connectivity index (χ4v) is 2.70. The molecule has 3 heteroatoms. The standard InChI is InChI=1S/C15H23FN2/c1-3-15(2)7-9-18(10-8-15)14-12(11-17)5-4-6-13(14)16/h4-6H,3,7-11,17H2,1-2H3. The molecule has 0 aliphatic carbocycles. The Hall–Kier alpha value is -1.09. The van der Waals surface area contributed by atoms with E-state index in [2.05, 4.69) is 18.7 Å². The summed E-state index contributed by atoms with van der Waals surface area (Å²) in [5, 5.41) is 0. The number of nitrogens with zero attached hydrogens (tertiary/aromatic N) is 1. The number of halogens is 1. The predicted octanol–water partition coefficient (Wildman–Crippen LogP) is 3.30. The van der Waals surface area contributed by atoms with Gasteiger partial charge < -0.3 is 10.6 Å². The van der Waals surface area contributed by atoms with Crippen LogP contribution in [-0.2, 0) is 6.54 Å². The molecule has 100 valence electrons. The van der Waals surface area contributed by atoms with Crippen molar-refractivity contribution < 1.29 is 4.39 Å². The van der Waals surface area contributed by atoms with Gasteiger partial charge in [-0.2, -0.15) is 0 Å². The Morgan fingerprint density at radius 1 is 1.33 bits per heavy atom. The van der Waals surface area contributed by atoms with Crippen LogP contribution in [-0.4, -0.2) is 13.1 Å². The highest BCUT2D eigenvalue weighted by molar-refractivity contribution is 5.55. The average Bonchev–Trinajstić information content (AvgIpc) is 2.40. The SMILES string of the molecule is CCC1(C)CCN(c2c(F)cccc2CN)CC1. The fraction of sp³-hybridized carbons (Fsp3) is 0.600. The second-order valence-corrected chi connectivity index (χ2v) is 5.60. The first kappa shape index (κ1) is 13.3. The number of rotatable bonds is 3. The Morgan fingerprint density at radius 3 is 2.56 bits per heavy atom. The maximum atomic E-state index is 14.0. The molecule has 1 aromatic rings. The van der Waals surface area contributed by atoms with Gasteiger partial charge in [0.2, 0.25) is 0 Å². The van der Waals surface area contributed by atoms with E-state index in [0.29, 0.717) is 12.0 Å². The first-order chi connectivity index (χ1) is 8.59. The summed E-state index contributed by atoms with van der Waals surface area (Å²) in [6.07, 6.45) is 3.45. The summed E-state index contributed by atoms with van der Waals surface area (Å²) >= 11 is 0. The van der Waals surface area contributed by atoms with Crippen LogP contribution < -0.4 is 10.6 Å². The van der Waals surface area contributed by atoms with Crippen molar-refractivity contribution >= 4 is 5.69 Å². The first-order valence-electron chi connectivity index (χ1n) is 6.82. The molecule has 2 N–H and O–H groups in total. The lowest BCUT2D eigenvalue weighted by atomic mass is 9.78. The van der Waals surface area contributed by atoms with Crippen LogP contribution >= 0.6 is 0 Å². The van der Waals surface area contributed by atoms with Crippen molar-refractivity contribution in [3.8, 4) is 0 Å². The van der Waals surface area contributed by atoms with Crippen LogP contribution in [0.5, 0.6) is 0 Å². The van der Waals surface area contributed by atoms with Gasteiger partial charge in [0.05, 0.1) is 5.69 Å². The molecule has 0 aromatic heterocycles. The number of hydrogen-bond acceptors (Lipinski definition) is 2. The maximum absolute atomic E-state index is 14.0. The van der Waals surface area contributed by atoms with Gasteiger partial charge in [0.1, 0.15) is 5.82 Å².